The lowest BCUT2D eigenvalue weighted by molar-refractivity contribution is -0.128. The van der Waals surface area contributed by atoms with Gasteiger partial charge in [0, 0.05) is 58.8 Å². The summed E-state index contributed by atoms with van der Waals surface area (Å²) in [6, 6.07) is 8.84. The number of likely N-dealkylation sites (tertiary alicyclic amines) is 1. The van der Waals surface area contributed by atoms with E-state index in [0.717, 1.165) is 51.8 Å². The zero-order valence-corrected chi connectivity index (χ0v) is 20.1. The SMILES string of the molecule is CCC(CC)C(CNC(=NC)NCc1ccccc1CN1CCCC1=O)N1CCOCC1. The highest BCUT2D eigenvalue weighted by atomic mass is 16.5. The first-order valence-electron chi connectivity index (χ1n) is 12.3. The topological polar surface area (TPSA) is 69.2 Å². The molecule has 1 aromatic rings. The first-order chi connectivity index (χ1) is 15.7. The number of benzene rings is 1. The third kappa shape index (κ3) is 6.69. The second-order valence-electron chi connectivity index (χ2n) is 8.79. The molecule has 1 amide bonds. The van der Waals surface area contributed by atoms with Crippen LogP contribution in [0.5, 0.6) is 0 Å². The molecule has 0 aliphatic carbocycles. The lowest BCUT2D eigenvalue weighted by atomic mass is 9.92. The fourth-order valence-corrected chi connectivity index (χ4v) is 4.90. The highest BCUT2D eigenvalue weighted by Gasteiger charge is 2.27. The Morgan fingerprint density at radius 2 is 1.81 bits per heavy atom. The second kappa shape index (κ2) is 12.8. The molecule has 2 aliphatic heterocycles. The molecule has 0 radical (unpaired) electrons. The zero-order valence-electron chi connectivity index (χ0n) is 20.1. The van der Waals surface area contributed by atoms with Gasteiger partial charge in [-0.05, 0) is 23.5 Å². The molecule has 0 bridgehead atoms. The van der Waals surface area contributed by atoms with E-state index in [-0.39, 0.29) is 5.91 Å². The normalized spacial score (nSPS) is 18.9. The van der Waals surface area contributed by atoms with Crippen LogP contribution in [0, 0.1) is 5.92 Å². The molecule has 7 heteroatoms. The summed E-state index contributed by atoms with van der Waals surface area (Å²) in [4.78, 5) is 21.1. The minimum absolute atomic E-state index is 0.265. The predicted octanol–water partition coefficient (Wildman–Crippen LogP) is 2.61. The molecule has 32 heavy (non-hydrogen) atoms. The molecular formula is C25H41N5O2. The molecule has 2 heterocycles. The largest absolute Gasteiger partial charge is 0.379 e. The maximum absolute atomic E-state index is 12.1. The van der Waals surface area contributed by atoms with Crippen LogP contribution in [0.25, 0.3) is 0 Å². The van der Waals surface area contributed by atoms with Crippen LogP contribution in [-0.2, 0) is 22.6 Å². The average molecular weight is 444 g/mol. The summed E-state index contributed by atoms with van der Waals surface area (Å²) in [7, 11) is 1.82. The van der Waals surface area contributed by atoms with Crippen molar-refractivity contribution in [1.82, 2.24) is 20.4 Å². The fraction of sp³-hybridized carbons (Fsp3) is 0.680. The molecular weight excluding hydrogens is 402 g/mol. The number of nitrogens with one attached hydrogen (secondary N) is 2. The quantitative estimate of drug-likeness (QED) is 0.430. The maximum Gasteiger partial charge on any atom is 0.222 e. The Labute approximate surface area is 193 Å². The first-order valence-corrected chi connectivity index (χ1v) is 12.3. The number of rotatable bonds is 10. The zero-order chi connectivity index (χ0) is 22.8. The third-order valence-electron chi connectivity index (χ3n) is 6.91. The lowest BCUT2D eigenvalue weighted by Gasteiger charge is -2.39. The van der Waals surface area contributed by atoms with Crippen molar-refractivity contribution in [2.24, 2.45) is 10.9 Å². The van der Waals surface area contributed by atoms with Crippen molar-refractivity contribution >= 4 is 11.9 Å². The molecule has 2 N–H and O–H groups in total. The highest BCUT2D eigenvalue weighted by molar-refractivity contribution is 5.80. The standard InChI is InChI=1S/C25H41N5O2/c1-4-20(5-2)23(29-13-15-32-16-14-29)18-28-25(26-3)27-17-21-9-6-7-10-22(21)19-30-12-8-11-24(30)31/h6-7,9-10,20,23H,4-5,8,11-19H2,1-3H3,(H2,26,27,28). The van der Waals surface area contributed by atoms with Crippen LogP contribution in [-0.4, -0.2) is 74.1 Å². The van der Waals surface area contributed by atoms with Gasteiger partial charge in [0.1, 0.15) is 0 Å². The summed E-state index contributed by atoms with van der Waals surface area (Å²) >= 11 is 0. The van der Waals surface area contributed by atoms with Crippen LogP contribution in [0.1, 0.15) is 50.7 Å². The van der Waals surface area contributed by atoms with Crippen molar-refractivity contribution in [1.29, 1.82) is 0 Å². The van der Waals surface area contributed by atoms with Crippen molar-refractivity contribution in [3.8, 4) is 0 Å². The van der Waals surface area contributed by atoms with Crippen molar-refractivity contribution < 1.29 is 9.53 Å². The van der Waals surface area contributed by atoms with E-state index in [0.29, 0.717) is 31.5 Å². The highest BCUT2D eigenvalue weighted by Crippen LogP contribution is 2.20. The Hall–Kier alpha value is -2.12. The van der Waals surface area contributed by atoms with Gasteiger partial charge in [0.05, 0.1) is 13.2 Å². The van der Waals surface area contributed by atoms with Gasteiger partial charge < -0.3 is 20.3 Å². The van der Waals surface area contributed by atoms with Gasteiger partial charge in [-0.1, -0.05) is 51.0 Å². The number of carbonyl (C=O) groups excluding carboxylic acids is 1. The molecule has 7 nitrogen and oxygen atoms in total. The Balaban J connectivity index is 1.57. The number of hydrogen-bond acceptors (Lipinski definition) is 4. The summed E-state index contributed by atoms with van der Waals surface area (Å²) < 4.78 is 5.57. The fourth-order valence-electron chi connectivity index (χ4n) is 4.90. The van der Waals surface area contributed by atoms with Crippen molar-refractivity contribution in [2.45, 2.75) is 58.7 Å². The first kappa shape index (κ1) is 24.5. The second-order valence-corrected chi connectivity index (χ2v) is 8.79. The Kier molecular flexibility index (Phi) is 9.81. The Morgan fingerprint density at radius 3 is 2.44 bits per heavy atom. The number of morpholine rings is 1. The number of carbonyl (C=O) groups is 1. The van der Waals surface area contributed by atoms with Gasteiger partial charge in [-0.2, -0.15) is 0 Å². The van der Waals surface area contributed by atoms with E-state index in [9.17, 15) is 4.79 Å². The van der Waals surface area contributed by atoms with Crippen LogP contribution in [0.4, 0.5) is 0 Å². The van der Waals surface area contributed by atoms with E-state index in [1.165, 1.54) is 24.0 Å². The minimum atomic E-state index is 0.265. The summed E-state index contributed by atoms with van der Waals surface area (Å²) in [6.45, 7) is 11.3. The molecule has 2 aliphatic rings. The molecule has 1 unspecified atom stereocenters. The van der Waals surface area contributed by atoms with Crippen molar-refractivity contribution in [2.75, 3.05) is 46.4 Å². The molecule has 2 fully saturated rings. The summed E-state index contributed by atoms with van der Waals surface area (Å²) in [6.07, 6.45) is 4.00. The van der Waals surface area contributed by atoms with Crippen LogP contribution >= 0.6 is 0 Å². The molecule has 1 aromatic carbocycles. The number of aliphatic imine (C=N–C) groups is 1. The number of nitrogens with zero attached hydrogens (tertiary/aromatic N) is 3. The minimum Gasteiger partial charge on any atom is -0.379 e. The van der Waals surface area contributed by atoms with Gasteiger partial charge in [0.2, 0.25) is 5.91 Å². The number of amides is 1. The van der Waals surface area contributed by atoms with Crippen molar-refractivity contribution in [3.63, 3.8) is 0 Å². The molecule has 2 saturated heterocycles. The Morgan fingerprint density at radius 1 is 1.09 bits per heavy atom. The van der Waals surface area contributed by atoms with Crippen LogP contribution < -0.4 is 10.6 Å². The Bertz CT molecular complexity index is 744. The van der Waals surface area contributed by atoms with Gasteiger partial charge in [0.15, 0.2) is 5.96 Å². The van der Waals surface area contributed by atoms with Gasteiger partial charge in [-0.3, -0.25) is 14.7 Å². The predicted molar refractivity (Wildman–Crippen MR) is 130 cm³/mol. The number of hydrogen-bond donors (Lipinski definition) is 2. The van der Waals surface area contributed by atoms with Gasteiger partial charge in [-0.25, -0.2) is 0 Å². The van der Waals surface area contributed by atoms with E-state index in [1.807, 2.05) is 11.9 Å². The van der Waals surface area contributed by atoms with E-state index in [1.54, 1.807) is 0 Å². The van der Waals surface area contributed by atoms with E-state index >= 15 is 0 Å². The van der Waals surface area contributed by atoms with Crippen LogP contribution in [0.15, 0.2) is 29.3 Å². The lowest BCUT2D eigenvalue weighted by Crippen LogP contribution is -2.53. The monoisotopic (exact) mass is 443 g/mol. The average Bonchev–Trinajstić information content (AvgIpc) is 3.24. The van der Waals surface area contributed by atoms with E-state index in [4.69, 9.17) is 4.74 Å². The summed E-state index contributed by atoms with van der Waals surface area (Å²) in [5.74, 6) is 1.74. The van der Waals surface area contributed by atoms with Gasteiger partial charge in [0.25, 0.3) is 0 Å². The van der Waals surface area contributed by atoms with Crippen LogP contribution in [0.3, 0.4) is 0 Å². The van der Waals surface area contributed by atoms with Gasteiger partial charge >= 0.3 is 0 Å². The van der Waals surface area contributed by atoms with Crippen molar-refractivity contribution in [3.05, 3.63) is 35.4 Å². The van der Waals surface area contributed by atoms with E-state index in [2.05, 4.69) is 58.6 Å². The number of guanidine groups is 1. The summed E-state index contributed by atoms with van der Waals surface area (Å²) in [5.41, 5.74) is 2.41. The molecule has 0 spiro atoms. The molecule has 1 atom stereocenters. The van der Waals surface area contributed by atoms with Crippen LogP contribution in [0.2, 0.25) is 0 Å². The molecule has 3 rings (SSSR count). The number of ether oxygens (including phenoxy) is 1. The summed E-state index contributed by atoms with van der Waals surface area (Å²) in [5, 5.41) is 7.07. The van der Waals surface area contributed by atoms with E-state index < -0.39 is 0 Å². The maximum atomic E-state index is 12.1. The molecule has 178 valence electrons. The third-order valence-corrected chi connectivity index (χ3v) is 6.91. The van der Waals surface area contributed by atoms with Gasteiger partial charge in [-0.15, -0.1) is 0 Å². The molecule has 0 saturated carbocycles. The smallest absolute Gasteiger partial charge is 0.222 e. The molecule has 0 aromatic heterocycles.